The highest BCUT2D eigenvalue weighted by atomic mass is 35.5. The molecule has 0 aliphatic carbocycles. The standard InChI is InChI=1S/C19H15ClFNO2/c20-14-3-1-2-13(12-14)18-10-8-17(24-18)9-11-19(23)22-16-6-4-15(21)5-7-16/h1-8,10,12H,9,11H2,(H,22,23). The van der Waals surface area contributed by atoms with E-state index in [0.29, 0.717) is 22.9 Å². The van der Waals surface area contributed by atoms with E-state index in [4.69, 9.17) is 16.0 Å². The third-order valence-electron chi connectivity index (χ3n) is 3.50. The molecule has 0 spiro atoms. The maximum atomic E-state index is 12.8. The fourth-order valence-corrected chi connectivity index (χ4v) is 2.49. The highest BCUT2D eigenvalue weighted by Crippen LogP contribution is 2.25. The smallest absolute Gasteiger partial charge is 0.224 e. The molecule has 0 aliphatic heterocycles. The average Bonchev–Trinajstić information content (AvgIpc) is 3.04. The van der Waals surface area contributed by atoms with Crippen molar-refractivity contribution in [3.8, 4) is 11.3 Å². The first-order valence-corrected chi connectivity index (χ1v) is 7.88. The molecule has 2 aromatic carbocycles. The molecule has 0 unspecified atom stereocenters. The second-order valence-corrected chi connectivity index (χ2v) is 5.77. The number of halogens is 2. The molecule has 1 amide bonds. The minimum Gasteiger partial charge on any atom is -0.461 e. The van der Waals surface area contributed by atoms with Gasteiger partial charge in [0.1, 0.15) is 17.3 Å². The van der Waals surface area contributed by atoms with E-state index in [-0.39, 0.29) is 18.1 Å². The zero-order valence-corrected chi connectivity index (χ0v) is 13.5. The Morgan fingerprint density at radius 1 is 1.08 bits per heavy atom. The molecule has 1 N–H and O–H groups in total. The Labute approximate surface area is 144 Å². The lowest BCUT2D eigenvalue weighted by atomic mass is 10.2. The van der Waals surface area contributed by atoms with Crippen LogP contribution in [0.15, 0.2) is 65.1 Å². The first-order valence-electron chi connectivity index (χ1n) is 7.50. The molecule has 122 valence electrons. The van der Waals surface area contributed by atoms with Crippen molar-refractivity contribution >= 4 is 23.2 Å². The molecule has 24 heavy (non-hydrogen) atoms. The van der Waals surface area contributed by atoms with Crippen LogP contribution in [0, 0.1) is 5.82 Å². The first kappa shape index (κ1) is 16.3. The van der Waals surface area contributed by atoms with Gasteiger partial charge in [0, 0.05) is 29.1 Å². The van der Waals surface area contributed by atoms with Crippen molar-refractivity contribution in [3.05, 3.63) is 77.3 Å². The lowest BCUT2D eigenvalue weighted by Crippen LogP contribution is -2.12. The van der Waals surface area contributed by atoms with Crippen LogP contribution in [0.3, 0.4) is 0 Å². The maximum absolute atomic E-state index is 12.8. The van der Waals surface area contributed by atoms with Gasteiger partial charge < -0.3 is 9.73 Å². The van der Waals surface area contributed by atoms with Gasteiger partial charge in [-0.05, 0) is 48.5 Å². The normalized spacial score (nSPS) is 10.6. The average molecular weight is 344 g/mol. The summed E-state index contributed by atoms with van der Waals surface area (Å²) in [6.45, 7) is 0. The van der Waals surface area contributed by atoms with E-state index in [1.54, 1.807) is 6.07 Å². The van der Waals surface area contributed by atoms with Gasteiger partial charge in [-0.1, -0.05) is 23.7 Å². The van der Waals surface area contributed by atoms with Gasteiger partial charge in [0.2, 0.25) is 5.91 Å². The van der Waals surface area contributed by atoms with Gasteiger partial charge in [0.25, 0.3) is 0 Å². The summed E-state index contributed by atoms with van der Waals surface area (Å²) in [5.74, 6) is 0.949. The zero-order chi connectivity index (χ0) is 16.9. The molecular formula is C19H15ClFNO2. The van der Waals surface area contributed by atoms with E-state index in [1.165, 1.54) is 24.3 Å². The number of hydrogen-bond acceptors (Lipinski definition) is 2. The lowest BCUT2D eigenvalue weighted by Gasteiger charge is -2.04. The molecule has 0 atom stereocenters. The predicted molar refractivity (Wildman–Crippen MR) is 92.5 cm³/mol. The van der Waals surface area contributed by atoms with Gasteiger partial charge >= 0.3 is 0 Å². The summed E-state index contributed by atoms with van der Waals surface area (Å²) in [7, 11) is 0. The maximum Gasteiger partial charge on any atom is 0.224 e. The summed E-state index contributed by atoms with van der Waals surface area (Å²) >= 11 is 5.97. The van der Waals surface area contributed by atoms with E-state index < -0.39 is 0 Å². The molecule has 0 aliphatic rings. The van der Waals surface area contributed by atoms with Gasteiger partial charge in [0.15, 0.2) is 0 Å². The number of benzene rings is 2. The van der Waals surface area contributed by atoms with Crippen LogP contribution in [0.2, 0.25) is 5.02 Å². The van der Waals surface area contributed by atoms with Crippen LogP contribution in [0.5, 0.6) is 0 Å². The van der Waals surface area contributed by atoms with Gasteiger partial charge in [-0.15, -0.1) is 0 Å². The highest BCUT2D eigenvalue weighted by molar-refractivity contribution is 6.30. The Morgan fingerprint density at radius 2 is 1.88 bits per heavy atom. The van der Waals surface area contributed by atoms with Crippen LogP contribution in [-0.4, -0.2) is 5.91 Å². The number of nitrogens with one attached hydrogen (secondary N) is 1. The van der Waals surface area contributed by atoms with E-state index >= 15 is 0 Å². The number of amides is 1. The molecule has 1 aromatic heterocycles. The van der Waals surface area contributed by atoms with E-state index in [9.17, 15) is 9.18 Å². The van der Waals surface area contributed by atoms with Crippen LogP contribution in [0.25, 0.3) is 11.3 Å². The number of carbonyl (C=O) groups is 1. The minimum absolute atomic E-state index is 0.151. The van der Waals surface area contributed by atoms with Crippen molar-refractivity contribution in [2.45, 2.75) is 12.8 Å². The van der Waals surface area contributed by atoms with Gasteiger partial charge in [-0.3, -0.25) is 4.79 Å². The third-order valence-corrected chi connectivity index (χ3v) is 3.73. The Bertz CT molecular complexity index is 843. The molecule has 5 heteroatoms. The van der Waals surface area contributed by atoms with E-state index in [2.05, 4.69) is 5.32 Å². The Morgan fingerprint density at radius 3 is 2.62 bits per heavy atom. The van der Waals surface area contributed by atoms with Gasteiger partial charge in [-0.25, -0.2) is 4.39 Å². The molecule has 3 aromatic rings. The lowest BCUT2D eigenvalue weighted by molar-refractivity contribution is -0.116. The monoisotopic (exact) mass is 343 g/mol. The quantitative estimate of drug-likeness (QED) is 0.682. The number of carbonyl (C=O) groups excluding carboxylic acids is 1. The second kappa shape index (κ2) is 7.32. The zero-order valence-electron chi connectivity index (χ0n) is 12.8. The van der Waals surface area contributed by atoms with Crippen molar-refractivity contribution in [2.24, 2.45) is 0 Å². The van der Waals surface area contributed by atoms with Gasteiger partial charge in [0.05, 0.1) is 0 Å². The minimum atomic E-state index is -0.336. The summed E-state index contributed by atoms with van der Waals surface area (Å²) < 4.78 is 18.6. The molecule has 0 saturated heterocycles. The topological polar surface area (TPSA) is 42.2 Å². The fraction of sp³-hybridized carbons (Fsp3) is 0.105. The summed E-state index contributed by atoms with van der Waals surface area (Å²) in [5, 5.41) is 3.36. The van der Waals surface area contributed by atoms with Crippen LogP contribution in [0.1, 0.15) is 12.2 Å². The fourth-order valence-electron chi connectivity index (χ4n) is 2.30. The van der Waals surface area contributed by atoms with Crippen molar-refractivity contribution in [1.82, 2.24) is 0 Å². The van der Waals surface area contributed by atoms with E-state index in [0.717, 1.165) is 11.3 Å². The summed E-state index contributed by atoms with van der Waals surface area (Å²) in [4.78, 5) is 11.9. The van der Waals surface area contributed by atoms with Crippen molar-refractivity contribution in [1.29, 1.82) is 0 Å². The van der Waals surface area contributed by atoms with Crippen molar-refractivity contribution in [3.63, 3.8) is 0 Å². The van der Waals surface area contributed by atoms with Crippen LogP contribution >= 0.6 is 11.6 Å². The molecule has 0 saturated carbocycles. The predicted octanol–water partition coefficient (Wildman–Crippen LogP) is 5.31. The first-order chi connectivity index (χ1) is 11.6. The Hall–Kier alpha value is -2.59. The summed E-state index contributed by atoms with van der Waals surface area (Å²) in [6.07, 6.45) is 0.757. The number of furan rings is 1. The molecule has 0 radical (unpaired) electrons. The number of rotatable bonds is 5. The SMILES string of the molecule is O=C(CCc1ccc(-c2cccc(Cl)c2)o1)Nc1ccc(F)cc1. The third kappa shape index (κ3) is 4.24. The molecule has 0 bridgehead atoms. The molecule has 0 fully saturated rings. The van der Waals surface area contributed by atoms with Gasteiger partial charge in [-0.2, -0.15) is 0 Å². The summed E-state index contributed by atoms with van der Waals surface area (Å²) in [5.41, 5.74) is 1.46. The Balaban J connectivity index is 1.57. The van der Waals surface area contributed by atoms with Crippen LogP contribution in [-0.2, 0) is 11.2 Å². The Kier molecular flexibility index (Phi) is 4.96. The molecule has 3 nitrogen and oxygen atoms in total. The van der Waals surface area contributed by atoms with E-state index in [1.807, 2.05) is 30.3 Å². The van der Waals surface area contributed by atoms with Crippen LogP contribution < -0.4 is 5.32 Å². The summed E-state index contributed by atoms with van der Waals surface area (Å²) in [6, 6.07) is 16.8. The van der Waals surface area contributed by atoms with Crippen molar-refractivity contribution in [2.75, 3.05) is 5.32 Å². The highest BCUT2D eigenvalue weighted by Gasteiger charge is 2.08. The second-order valence-electron chi connectivity index (χ2n) is 5.33. The number of anilines is 1. The van der Waals surface area contributed by atoms with Crippen molar-refractivity contribution < 1.29 is 13.6 Å². The molecular weight excluding hydrogens is 329 g/mol. The number of hydrogen-bond donors (Lipinski definition) is 1. The molecule has 3 rings (SSSR count). The van der Waals surface area contributed by atoms with Crippen LogP contribution in [0.4, 0.5) is 10.1 Å². The molecule has 1 heterocycles. The number of aryl methyl sites for hydroxylation is 1. The largest absolute Gasteiger partial charge is 0.461 e.